The molecule has 1 unspecified atom stereocenters. The van der Waals surface area contributed by atoms with Crippen molar-refractivity contribution in [3.05, 3.63) is 30.3 Å². The Morgan fingerprint density at radius 1 is 1.29 bits per heavy atom. The monoisotopic (exact) mass is 257 g/mol. The molecule has 0 spiro atoms. The highest BCUT2D eigenvalue weighted by atomic mass is 32.2. The van der Waals surface area contributed by atoms with Gasteiger partial charge in [0.25, 0.3) is 0 Å². The number of hydrogen-bond acceptors (Lipinski definition) is 3. The summed E-state index contributed by atoms with van der Waals surface area (Å²) in [7, 11) is -3.23. The first-order valence-corrected chi connectivity index (χ1v) is 6.86. The second kappa shape index (κ2) is 5.50. The molecule has 94 valence electrons. The Morgan fingerprint density at radius 2 is 1.94 bits per heavy atom. The van der Waals surface area contributed by atoms with Crippen LogP contribution in [-0.4, -0.2) is 44.9 Å². The van der Waals surface area contributed by atoms with Crippen molar-refractivity contribution in [2.75, 3.05) is 26.3 Å². The van der Waals surface area contributed by atoms with E-state index in [4.69, 9.17) is 9.47 Å². The summed E-state index contributed by atoms with van der Waals surface area (Å²) >= 11 is 0. The zero-order valence-electron chi connectivity index (χ0n) is 9.32. The van der Waals surface area contributed by atoms with Gasteiger partial charge in [-0.3, -0.25) is 4.55 Å². The second-order valence-electron chi connectivity index (χ2n) is 3.61. The lowest BCUT2D eigenvalue weighted by atomic mass is 10.3. The van der Waals surface area contributed by atoms with E-state index in [2.05, 4.69) is 0 Å². The lowest BCUT2D eigenvalue weighted by molar-refractivity contribution is 0.0719. The minimum atomic E-state index is -3.23. The van der Waals surface area contributed by atoms with Crippen molar-refractivity contribution in [2.45, 2.75) is 0 Å². The summed E-state index contributed by atoms with van der Waals surface area (Å²) in [6, 6.07) is 8.91. The number of ether oxygens (including phenoxy) is 2. The summed E-state index contributed by atoms with van der Waals surface area (Å²) < 4.78 is 33.6. The van der Waals surface area contributed by atoms with Gasteiger partial charge in [0.05, 0.1) is 13.2 Å². The van der Waals surface area contributed by atoms with Gasteiger partial charge in [0, 0.05) is 13.1 Å². The summed E-state index contributed by atoms with van der Waals surface area (Å²) in [6.45, 7) is 1.81. The molecule has 1 saturated heterocycles. The van der Waals surface area contributed by atoms with Crippen molar-refractivity contribution in [1.82, 2.24) is 4.31 Å². The average molecular weight is 257 g/mol. The van der Waals surface area contributed by atoms with E-state index in [0.29, 0.717) is 32.1 Å². The minimum absolute atomic E-state index is 0.435. The minimum Gasteiger partial charge on any atom is -0.453 e. The fraction of sp³-hybridized carbons (Fsp3) is 0.364. The van der Waals surface area contributed by atoms with E-state index in [-0.39, 0.29) is 0 Å². The molecule has 17 heavy (non-hydrogen) atoms. The van der Waals surface area contributed by atoms with Gasteiger partial charge in [-0.15, -0.1) is 0 Å². The third kappa shape index (κ3) is 3.44. The van der Waals surface area contributed by atoms with Gasteiger partial charge in [0.15, 0.2) is 15.5 Å². The first-order valence-electron chi connectivity index (χ1n) is 5.33. The van der Waals surface area contributed by atoms with E-state index in [1.54, 1.807) is 24.3 Å². The van der Waals surface area contributed by atoms with Crippen LogP contribution in [-0.2, 0) is 14.7 Å². The molecular formula is C11H15NO4S. The second-order valence-corrected chi connectivity index (χ2v) is 5.39. The van der Waals surface area contributed by atoms with Crippen LogP contribution in [0.3, 0.4) is 0 Å². The highest BCUT2D eigenvalue weighted by Gasteiger charge is 2.19. The fourth-order valence-corrected chi connectivity index (χ4v) is 2.52. The molecule has 2 rings (SSSR count). The van der Waals surface area contributed by atoms with Gasteiger partial charge in [-0.05, 0) is 12.1 Å². The molecule has 1 aliphatic rings. The molecule has 5 nitrogen and oxygen atoms in total. The van der Waals surface area contributed by atoms with Crippen LogP contribution in [0.25, 0.3) is 0 Å². The molecule has 1 heterocycles. The van der Waals surface area contributed by atoms with Crippen molar-refractivity contribution in [1.29, 1.82) is 0 Å². The predicted molar refractivity (Wildman–Crippen MR) is 66.3 cm³/mol. The predicted octanol–water partition coefficient (Wildman–Crippen LogP) is 0.830. The van der Waals surface area contributed by atoms with Gasteiger partial charge >= 0.3 is 0 Å². The van der Waals surface area contributed by atoms with E-state index in [0.717, 1.165) is 5.55 Å². The Balaban J connectivity index is 2.06. The summed E-state index contributed by atoms with van der Waals surface area (Å²) in [4.78, 5) is 0. The fourth-order valence-electron chi connectivity index (χ4n) is 1.49. The van der Waals surface area contributed by atoms with Crippen LogP contribution in [0.5, 0.6) is 5.75 Å². The Morgan fingerprint density at radius 3 is 2.59 bits per heavy atom. The normalized spacial score (nSPS) is 20.5. The Bertz CT molecular complexity index is 462. The quantitative estimate of drug-likeness (QED) is 0.815. The molecule has 0 amide bonds. The number of hydrogen-bond donors (Lipinski definition) is 1. The van der Waals surface area contributed by atoms with Crippen molar-refractivity contribution >= 4 is 15.5 Å². The SMILES string of the molecule is O=S(O)(=COc1ccccc1)N1CCOCC1. The number of nitrogens with zero attached hydrogens (tertiary/aromatic N) is 1. The van der Waals surface area contributed by atoms with Crippen LogP contribution in [0.4, 0.5) is 0 Å². The van der Waals surface area contributed by atoms with E-state index >= 15 is 0 Å². The largest absolute Gasteiger partial charge is 0.453 e. The number of para-hydroxylation sites is 1. The van der Waals surface area contributed by atoms with Gasteiger partial charge in [0.2, 0.25) is 0 Å². The van der Waals surface area contributed by atoms with Crippen molar-refractivity contribution in [3.8, 4) is 5.75 Å². The van der Waals surface area contributed by atoms with Gasteiger partial charge in [-0.25, -0.2) is 8.51 Å². The molecule has 6 heteroatoms. The first kappa shape index (κ1) is 12.4. The molecule has 0 bridgehead atoms. The van der Waals surface area contributed by atoms with Crippen LogP contribution < -0.4 is 4.74 Å². The molecule has 0 radical (unpaired) electrons. The smallest absolute Gasteiger partial charge is 0.183 e. The third-order valence-corrected chi connectivity index (χ3v) is 3.84. The van der Waals surface area contributed by atoms with E-state index in [9.17, 15) is 8.76 Å². The van der Waals surface area contributed by atoms with Crippen LogP contribution in [0.15, 0.2) is 30.3 Å². The highest BCUT2D eigenvalue weighted by Crippen LogP contribution is 2.09. The average Bonchev–Trinajstić information content (AvgIpc) is 2.39. The van der Waals surface area contributed by atoms with Crippen LogP contribution in [0, 0.1) is 0 Å². The summed E-state index contributed by atoms with van der Waals surface area (Å²) in [5.74, 6) is 0.544. The summed E-state index contributed by atoms with van der Waals surface area (Å²) in [5.41, 5.74) is 0.994. The van der Waals surface area contributed by atoms with E-state index in [1.165, 1.54) is 4.31 Å². The molecule has 1 aromatic carbocycles. The van der Waals surface area contributed by atoms with Crippen LogP contribution >= 0.6 is 0 Å². The standard InChI is InChI=1S/C11H15NO4S/c13-17(14,12-6-8-15-9-7-12)10-16-11-4-2-1-3-5-11/h1-5,10H,6-9H2,(H,13,14). The topological polar surface area (TPSA) is 59.0 Å². The Kier molecular flexibility index (Phi) is 4.01. The Labute approximate surface area is 101 Å². The summed E-state index contributed by atoms with van der Waals surface area (Å²) in [6.07, 6.45) is 0. The molecule has 0 aliphatic carbocycles. The van der Waals surface area contributed by atoms with Gasteiger partial charge in [-0.1, -0.05) is 18.2 Å². The molecule has 1 aliphatic heterocycles. The maximum absolute atomic E-state index is 12.0. The van der Waals surface area contributed by atoms with Crippen LogP contribution in [0.2, 0.25) is 0 Å². The van der Waals surface area contributed by atoms with Crippen molar-refractivity contribution < 1.29 is 18.2 Å². The molecule has 1 fully saturated rings. The van der Waals surface area contributed by atoms with Gasteiger partial charge in [-0.2, -0.15) is 0 Å². The van der Waals surface area contributed by atoms with E-state index in [1.807, 2.05) is 6.07 Å². The first-order chi connectivity index (χ1) is 8.18. The van der Waals surface area contributed by atoms with Crippen LogP contribution in [0.1, 0.15) is 0 Å². The number of morpholine rings is 1. The van der Waals surface area contributed by atoms with E-state index < -0.39 is 9.99 Å². The Hall–Kier alpha value is -1.08. The maximum atomic E-state index is 12.0. The highest BCUT2D eigenvalue weighted by molar-refractivity contribution is 7.93. The third-order valence-electron chi connectivity index (χ3n) is 2.39. The zero-order valence-corrected chi connectivity index (χ0v) is 10.1. The lowest BCUT2D eigenvalue weighted by Gasteiger charge is -2.26. The molecule has 1 N–H and O–H groups in total. The number of benzene rings is 1. The molecule has 1 aromatic rings. The molecule has 0 aromatic heterocycles. The number of rotatable bonds is 3. The summed E-state index contributed by atoms with van der Waals surface area (Å²) in [5, 5.41) is 0. The molecular weight excluding hydrogens is 242 g/mol. The van der Waals surface area contributed by atoms with Crippen molar-refractivity contribution in [3.63, 3.8) is 0 Å². The lowest BCUT2D eigenvalue weighted by Crippen LogP contribution is -2.41. The molecule has 0 saturated carbocycles. The van der Waals surface area contributed by atoms with Gasteiger partial charge < -0.3 is 9.47 Å². The van der Waals surface area contributed by atoms with Gasteiger partial charge in [0.1, 0.15) is 5.75 Å². The zero-order chi connectivity index (χ0) is 12.1. The maximum Gasteiger partial charge on any atom is 0.183 e. The molecule has 1 atom stereocenters. The van der Waals surface area contributed by atoms with Crippen molar-refractivity contribution in [2.24, 2.45) is 0 Å².